The number of nitrogens with one attached hydrogen (secondary N) is 2. The molecule has 2 amide bonds. The maximum Gasteiger partial charge on any atom is 0.276 e. The monoisotopic (exact) mass is 390 g/mol. The molecule has 0 aliphatic heterocycles. The average molecular weight is 391 g/mol. The zero-order valence-corrected chi connectivity index (χ0v) is 16.4. The molecule has 27 heavy (non-hydrogen) atoms. The summed E-state index contributed by atoms with van der Waals surface area (Å²) in [7, 11) is 0. The average Bonchev–Trinajstić information content (AvgIpc) is 2.62. The Hall–Kier alpha value is -2.73. The number of carbonyl (C=O) groups is 2. The van der Waals surface area contributed by atoms with Crippen LogP contribution in [0.15, 0.2) is 36.4 Å². The molecule has 0 saturated carbocycles. The first-order valence-electron chi connectivity index (χ1n) is 8.52. The van der Waals surface area contributed by atoms with Gasteiger partial charge in [0.15, 0.2) is 6.61 Å². The van der Waals surface area contributed by atoms with Gasteiger partial charge >= 0.3 is 0 Å². The van der Waals surface area contributed by atoms with Gasteiger partial charge in [-0.25, -0.2) is 0 Å². The van der Waals surface area contributed by atoms with Crippen LogP contribution < -0.4 is 20.3 Å². The molecular formula is C20H23ClN2O4. The molecule has 144 valence electrons. The van der Waals surface area contributed by atoms with Crippen molar-refractivity contribution in [2.75, 3.05) is 13.2 Å². The van der Waals surface area contributed by atoms with Crippen LogP contribution in [0.4, 0.5) is 0 Å². The normalized spacial score (nSPS) is 10.2. The van der Waals surface area contributed by atoms with E-state index in [1.54, 1.807) is 18.2 Å². The van der Waals surface area contributed by atoms with E-state index in [0.29, 0.717) is 10.8 Å². The highest BCUT2D eigenvalue weighted by Crippen LogP contribution is 2.21. The van der Waals surface area contributed by atoms with Gasteiger partial charge in [-0.3, -0.25) is 20.4 Å². The highest BCUT2D eigenvalue weighted by atomic mass is 35.5. The van der Waals surface area contributed by atoms with E-state index in [9.17, 15) is 9.59 Å². The van der Waals surface area contributed by atoms with Gasteiger partial charge in [-0.15, -0.1) is 0 Å². The third-order valence-corrected chi connectivity index (χ3v) is 4.00. The quantitative estimate of drug-likeness (QED) is 0.711. The Kier molecular flexibility index (Phi) is 7.49. The maximum absolute atomic E-state index is 11.8. The number of ether oxygens (including phenoxy) is 2. The SMILES string of the molecule is Cc1ccc(C)c(OCCC(=O)NNC(=O)COc2ccc(Cl)cc2C)c1. The molecule has 2 rings (SSSR count). The Morgan fingerprint density at radius 3 is 2.37 bits per heavy atom. The van der Waals surface area contributed by atoms with E-state index in [2.05, 4.69) is 10.9 Å². The summed E-state index contributed by atoms with van der Waals surface area (Å²) in [5, 5.41) is 0.597. The minimum Gasteiger partial charge on any atom is -0.493 e. The lowest BCUT2D eigenvalue weighted by Gasteiger charge is -2.12. The number of hydrogen-bond acceptors (Lipinski definition) is 4. The molecule has 0 bridgehead atoms. The Bertz CT molecular complexity index is 824. The van der Waals surface area contributed by atoms with Gasteiger partial charge in [0, 0.05) is 5.02 Å². The van der Waals surface area contributed by atoms with E-state index in [4.69, 9.17) is 21.1 Å². The fourth-order valence-electron chi connectivity index (χ4n) is 2.27. The van der Waals surface area contributed by atoms with Gasteiger partial charge in [-0.2, -0.15) is 0 Å². The van der Waals surface area contributed by atoms with Gasteiger partial charge in [-0.05, 0) is 61.7 Å². The second kappa shape index (κ2) is 9.83. The van der Waals surface area contributed by atoms with Gasteiger partial charge in [0.1, 0.15) is 11.5 Å². The van der Waals surface area contributed by atoms with Crippen LogP contribution in [-0.2, 0) is 9.59 Å². The number of amides is 2. The zero-order chi connectivity index (χ0) is 19.8. The maximum atomic E-state index is 11.8. The van der Waals surface area contributed by atoms with Gasteiger partial charge in [0.2, 0.25) is 5.91 Å². The largest absolute Gasteiger partial charge is 0.493 e. The van der Waals surface area contributed by atoms with Gasteiger partial charge in [-0.1, -0.05) is 23.7 Å². The second-order valence-corrected chi connectivity index (χ2v) is 6.60. The van der Waals surface area contributed by atoms with Gasteiger partial charge in [0.05, 0.1) is 13.0 Å². The van der Waals surface area contributed by atoms with Crippen molar-refractivity contribution in [3.05, 3.63) is 58.1 Å². The van der Waals surface area contributed by atoms with Crippen LogP contribution in [0.5, 0.6) is 11.5 Å². The third kappa shape index (κ3) is 6.83. The van der Waals surface area contributed by atoms with E-state index in [1.165, 1.54) is 0 Å². The van der Waals surface area contributed by atoms with Crippen molar-refractivity contribution >= 4 is 23.4 Å². The number of hydrogen-bond donors (Lipinski definition) is 2. The first kappa shape index (κ1) is 20.6. The van der Waals surface area contributed by atoms with Crippen molar-refractivity contribution in [3.63, 3.8) is 0 Å². The Labute approximate surface area is 163 Å². The highest BCUT2D eigenvalue weighted by Gasteiger charge is 2.08. The van der Waals surface area contributed by atoms with Crippen molar-refractivity contribution in [1.82, 2.24) is 10.9 Å². The molecule has 0 spiro atoms. The molecule has 0 fully saturated rings. The van der Waals surface area contributed by atoms with E-state index in [0.717, 1.165) is 22.4 Å². The van der Waals surface area contributed by atoms with Crippen molar-refractivity contribution in [2.45, 2.75) is 27.2 Å². The summed E-state index contributed by atoms with van der Waals surface area (Å²) >= 11 is 5.87. The van der Waals surface area contributed by atoms with Gasteiger partial charge in [0.25, 0.3) is 5.91 Å². The van der Waals surface area contributed by atoms with E-state index < -0.39 is 5.91 Å². The molecule has 2 N–H and O–H groups in total. The van der Waals surface area contributed by atoms with E-state index in [-0.39, 0.29) is 25.5 Å². The first-order valence-corrected chi connectivity index (χ1v) is 8.89. The molecule has 0 atom stereocenters. The van der Waals surface area contributed by atoms with Crippen LogP contribution >= 0.6 is 11.6 Å². The predicted molar refractivity (Wildman–Crippen MR) is 104 cm³/mol. The highest BCUT2D eigenvalue weighted by molar-refractivity contribution is 6.30. The van der Waals surface area contributed by atoms with Crippen LogP contribution in [-0.4, -0.2) is 25.0 Å². The summed E-state index contributed by atoms with van der Waals surface area (Å²) in [4.78, 5) is 23.6. The summed E-state index contributed by atoms with van der Waals surface area (Å²) in [6, 6.07) is 11.0. The van der Waals surface area contributed by atoms with Gasteiger partial charge < -0.3 is 9.47 Å². The zero-order valence-electron chi connectivity index (χ0n) is 15.6. The van der Waals surface area contributed by atoms with Crippen LogP contribution in [0.2, 0.25) is 5.02 Å². The van der Waals surface area contributed by atoms with Crippen molar-refractivity contribution in [1.29, 1.82) is 0 Å². The molecule has 6 nitrogen and oxygen atoms in total. The van der Waals surface area contributed by atoms with Crippen molar-refractivity contribution in [2.24, 2.45) is 0 Å². The smallest absolute Gasteiger partial charge is 0.276 e. The number of rotatable bonds is 7. The summed E-state index contributed by atoms with van der Waals surface area (Å²) in [5.74, 6) is 0.492. The predicted octanol–water partition coefficient (Wildman–Crippen LogP) is 3.26. The minimum atomic E-state index is -0.465. The Morgan fingerprint density at radius 2 is 1.63 bits per heavy atom. The summed E-state index contributed by atoms with van der Waals surface area (Å²) in [6.45, 7) is 5.74. The molecular weight excluding hydrogens is 368 g/mol. The molecule has 0 saturated heterocycles. The molecule has 7 heteroatoms. The molecule has 0 aromatic heterocycles. The lowest BCUT2D eigenvalue weighted by molar-refractivity contribution is -0.130. The summed E-state index contributed by atoms with van der Waals surface area (Å²) in [5.41, 5.74) is 7.55. The standard InChI is InChI=1S/C20H23ClN2O4/c1-13-4-5-14(2)18(10-13)26-9-8-19(24)22-23-20(25)12-27-17-7-6-16(21)11-15(17)3/h4-7,10-11H,8-9,12H2,1-3H3,(H,22,24)(H,23,25). The first-order chi connectivity index (χ1) is 12.8. The minimum absolute atomic E-state index is 0.116. The Morgan fingerprint density at radius 1 is 0.889 bits per heavy atom. The van der Waals surface area contributed by atoms with Crippen molar-refractivity contribution in [3.8, 4) is 11.5 Å². The van der Waals surface area contributed by atoms with Crippen molar-refractivity contribution < 1.29 is 19.1 Å². The van der Waals surface area contributed by atoms with Crippen LogP contribution in [0.1, 0.15) is 23.1 Å². The van der Waals surface area contributed by atoms with Crippen LogP contribution in [0.25, 0.3) is 0 Å². The molecule has 0 aliphatic carbocycles. The van der Waals surface area contributed by atoms with Crippen LogP contribution in [0, 0.1) is 20.8 Å². The van der Waals surface area contributed by atoms with E-state index in [1.807, 2.05) is 39.0 Å². The number of carbonyl (C=O) groups excluding carboxylic acids is 2. The molecule has 0 heterocycles. The lowest BCUT2D eigenvalue weighted by atomic mass is 10.1. The lowest BCUT2D eigenvalue weighted by Crippen LogP contribution is -2.44. The second-order valence-electron chi connectivity index (χ2n) is 6.16. The molecule has 2 aromatic carbocycles. The molecule has 0 unspecified atom stereocenters. The topological polar surface area (TPSA) is 76.7 Å². The fraction of sp³-hybridized carbons (Fsp3) is 0.300. The van der Waals surface area contributed by atoms with E-state index >= 15 is 0 Å². The fourth-order valence-corrected chi connectivity index (χ4v) is 2.50. The number of benzene rings is 2. The number of halogens is 1. The molecule has 2 aromatic rings. The molecule has 0 radical (unpaired) electrons. The molecule has 0 aliphatic rings. The summed E-state index contributed by atoms with van der Waals surface area (Å²) < 4.78 is 11.0. The number of hydrazine groups is 1. The Balaban J connectivity index is 1.67. The summed E-state index contributed by atoms with van der Waals surface area (Å²) in [6.07, 6.45) is 0.116. The van der Waals surface area contributed by atoms with Crippen LogP contribution in [0.3, 0.4) is 0 Å². The number of aryl methyl sites for hydroxylation is 3. The third-order valence-electron chi connectivity index (χ3n) is 3.77.